The smallest absolute Gasteiger partial charge is 0.482 e. The van der Waals surface area contributed by atoms with Crippen molar-refractivity contribution in [3.63, 3.8) is 0 Å². The number of carbonyl (C=O) groups is 1. The summed E-state index contributed by atoms with van der Waals surface area (Å²) in [6.45, 7) is -5.74. The van der Waals surface area contributed by atoms with Crippen LogP contribution in [0.15, 0.2) is 24.3 Å². The van der Waals surface area contributed by atoms with Crippen LogP contribution >= 0.6 is 0 Å². The summed E-state index contributed by atoms with van der Waals surface area (Å²) < 4.78 is 41.4. The third-order valence-corrected chi connectivity index (χ3v) is 1.60. The maximum Gasteiger partial charge on any atom is 1.00 e. The van der Waals surface area contributed by atoms with Crippen LogP contribution < -0.4 is 61.6 Å². The van der Waals surface area contributed by atoms with Crippen LogP contribution in [0.1, 0.15) is 0 Å². The minimum atomic E-state index is -5.08. The van der Waals surface area contributed by atoms with Crippen molar-refractivity contribution in [2.24, 2.45) is 0 Å². The van der Waals surface area contributed by atoms with Crippen molar-refractivity contribution < 1.29 is 79.0 Å². The molecule has 0 saturated heterocycles. The molecule has 1 rings (SSSR count). The molecule has 8 heteroatoms. The van der Waals surface area contributed by atoms with E-state index in [0.717, 1.165) is 12.1 Å². The largest absolute Gasteiger partial charge is 1.00 e. The molecule has 3 nitrogen and oxygen atoms in total. The summed E-state index contributed by atoms with van der Waals surface area (Å²) >= 11 is 0. The molecule has 0 bridgehead atoms. The fourth-order valence-corrected chi connectivity index (χ4v) is 0.953. The number of rotatable bonds is 4. The molecule has 0 aliphatic heterocycles. The first-order valence-corrected chi connectivity index (χ1v) is 4.04. The molecule has 1 aromatic rings. The van der Waals surface area contributed by atoms with Crippen LogP contribution in [0.25, 0.3) is 0 Å². The van der Waals surface area contributed by atoms with Crippen LogP contribution in [-0.4, -0.2) is 24.7 Å². The Kier molecular flexibility index (Phi) is 6.64. The Labute approximate surface area is 132 Å². The molecule has 16 heavy (non-hydrogen) atoms. The number of carboxylic acid groups (broad SMARTS) is 1. The molecule has 0 aliphatic rings. The number of benzene rings is 1. The molecule has 0 fully saturated rings. The summed E-state index contributed by atoms with van der Waals surface area (Å²) in [5.74, 6) is -1.34. The minimum absolute atomic E-state index is 0. The second-order valence-electron chi connectivity index (χ2n) is 2.83. The molecule has 0 amide bonds. The van der Waals surface area contributed by atoms with Crippen LogP contribution in [0.3, 0.4) is 0 Å². The zero-order valence-electron chi connectivity index (χ0n) is 8.49. The summed E-state index contributed by atoms with van der Waals surface area (Å²) in [7, 11) is 0. The Bertz CT molecular complexity index is 370. The molecular formula is C8H7BF3KO3. The Morgan fingerprint density at radius 1 is 1.38 bits per heavy atom. The third kappa shape index (κ3) is 5.35. The second kappa shape index (κ2) is 6.65. The molecule has 1 aromatic carbocycles. The Morgan fingerprint density at radius 2 is 2.00 bits per heavy atom. The van der Waals surface area contributed by atoms with E-state index in [4.69, 9.17) is 5.11 Å². The Morgan fingerprint density at radius 3 is 2.50 bits per heavy atom. The van der Waals surface area contributed by atoms with E-state index in [1.807, 2.05) is 0 Å². The van der Waals surface area contributed by atoms with Crippen molar-refractivity contribution in [2.75, 3.05) is 6.61 Å². The van der Waals surface area contributed by atoms with Gasteiger partial charge in [0.05, 0.1) is 0 Å². The number of halogens is 3. The van der Waals surface area contributed by atoms with Gasteiger partial charge in [0.25, 0.3) is 0 Å². The van der Waals surface area contributed by atoms with Gasteiger partial charge in [-0.25, -0.2) is 4.79 Å². The molecule has 0 atom stereocenters. The first-order chi connectivity index (χ1) is 6.89. The molecule has 1 N–H and O–H groups in total. The van der Waals surface area contributed by atoms with Crippen molar-refractivity contribution in [3.8, 4) is 5.75 Å². The van der Waals surface area contributed by atoms with Crippen molar-refractivity contribution in [1.29, 1.82) is 0 Å². The average Bonchev–Trinajstić information content (AvgIpc) is 2.14. The predicted molar refractivity (Wildman–Crippen MR) is 48.3 cm³/mol. The van der Waals surface area contributed by atoms with Gasteiger partial charge in [-0.15, -0.1) is 5.46 Å². The first kappa shape index (κ1) is 16.0. The van der Waals surface area contributed by atoms with E-state index in [9.17, 15) is 17.7 Å². The number of hydrogen-bond acceptors (Lipinski definition) is 2. The van der Waals surface area contributed by atoms with Gasteiger partial charge in [0.15, 0.2) is 6.61 Å². The predicted octanol–water partition coefficient (Wildman–Crippen LogP) is -1.79. The monoisotopic (exact) mass is 258 g/mol. The average molecular weight is 258 g/mol. The fraction of sp³-hybridized carbons (Fsp3) is 0.125. The van der Waals surface area contributed by atoms with Gasteiger partial charge in [0, 0.05) is 0 Å². The number of aliphatic carboxylic acids is 1. The Balaban J connectivity index is 0.00000225. The molecule has 0 saturated carbocycles. The number of ether oxygens (including phenoxy) is 1. The zero-order valence-corrected chi connectivity index (χ0v) is 11.6. The van der Waals surface area contributed by atoms with Crippen molar-refractivity contribution in [1.82, 2.24) is 0 Å². The van der Waals surface area contributed by atoms with Gasteiger partial charge >= 0.3 is 64.3 Å². The standard InChI is InChI=1S/C8H7BF3O3.K/c10-9(11,12)6-2-1-3-7(4-6)15-5-8(13)14;/h1-4H,5H2,(H,13,14);/q-1;+1. The van der Waals surface area contributed by atoms with Crippen molar-refractivity contribution >= 4 is 18.4 Å². The SMILES string of the molecule is O=C(O)COc1cccc([B-](F)(F)F)c1.[K+]. The number of carboxylic acids is 1. The summed E-state index contributed by atoms with van der Waals surface area (Å²) in [5, 5.41) is 8.26. The Hall–Kier alpha value is -0.0187. The van der Waals surface area contributed by atoms with Crippen LogP contribution in [0, 0.1) is 0 Å². The van der Waals surface area contributed by atoms with Gasteiger partial charge in [-0.05, 0) is 12.1 Å². The van der Waals surface area contributed by atoms with E-state index >= 15 is 0 Å². The molecule has 82 valence electrons. The first-order valence-electron chi connectivity index (χ1n) is 4.04. The molecule has 0 aromatic heterocycles. The van der Waals surface area contributed by atoms with E-state index in [1.165, 1.54) is 12.1 Å². The van der Waals surface area contributed by atoms with Gasteiger partial charge in [0.1, 0.15) is 5.75 Å². The van der Waals surface area contributed by atoms with Gasteiger partial charge in [-0.2, -0.15) is 0 Å². The molecule has 0 heterocycles. The van der Waals surface area contributed by atoms with Crippen molar-refractivity contribution in [3.05, 3.63) is 24.3 Å². The maximum absolute atomic E-state index is 12.3. The normalized spacial score (nSPS) is 10.4. The van der Waals surface area contributed by atoms with E-state index in [0.29, 0.717) is 0 Å². The topological polar surface area (TPSA) is 46.5 Å². The summed E-state index contributed by atoms with van der Waals surface area (Å²) in [5.41, 5.74) is -0.808. The van der Waals surface area contributed by atoms with Crippen LogP contribution in [0.5, 0.6) is 5.75 Å². The molecule has 0 radical (unpaired) electrons. The van der Waals surface area contributed by atoms with Gasteiger partial charge in [0.2, 0.25) is 0 Å². The van der Waals surface area contributed by atoms with E-state index in [2.05, 4.69) is 4.74 Å². The minimum Gasteiger partial charge on any atom is -0.482 e. The summed E-state index contributed by atoms with van der Waals surface area (Å²) in [6.07, 6.45) is 0. The third-order valence-electron chi connectivity index (χ3n) is 1.60. The van der Waals surface area contributed by atoms with Crippen molar-refractivity contribution in [2.45, 2.75) is 0 Å². The molecule has 0 spiro atoms. The van der Waals surface area contributed by atoms with Gasteiger partial charge < -0.3 is 22.8 Å². The summed E-state index contributed by atoms with van der Waals surface area (Å²) in [6, 6.07) is 4.13. The summed E-state index contributed by atoms with van der Waals surface area (Å²) in [4.78, 5) is 10.1. The molecule has 0 unspecified atom stereocenters. The van der Waals surface area contributed by atoms with Crippen LogP contribution in [0.2, 0.25) is 0 Å². The molecular weight excluding hydrogens is 251 g/mol. The number of hydrogen-bond donors (Lipinski definition) is 1. The van der Waals surface area contributed by atoms with Crippen LogP contribution in [-0.2, 0) is 4.79 Å². The van der Waals surface area contributed by atoms with Gasteiger partial charge in [-0.3, -0.25) is 0 Å². The quantitative estimate of drug-likeness (QED) is 0.649. The second-order valence-corrected chi connectivity index (χ2v) is 2.83. The van der Waals surface area contributed by atoms with E-state index in [-0.39, 0.29) is 57.1 Å². The zero-order chi connectivity index (χ0) is 11.5. The maximum atomic E-state index is 12.3. The fourth-order valence-electron chi connectivity index (χ4n) is 0.953. The molecule has 0 aliphatic carbocycles. The van der Waals surface area contributed by atoms with E-state index < -0.39 is 25.0 Å². The van der Waals surface area contributed by atoms with Gasteiger partial charge in [-0.1, -0.05) is 12.1 Å². The van der Waals surface area contributed by atoms with Crippen LogP contribution in [0.4, 0.5) is 12.9 Å². The van der Waals surface area contributed by atoms with E-state index in [1.54, 1.807) is 0 Å².